The molecule has 230 valence electrons. The highest BCUT2D eigenvalue weighted by Crippen LogP contribution is 2.35. The second kappa shape index (κ2) is 16.7. The highest BCUT2D eigenvalue weighted by Gasteiger charge is 2.12. The highest BCUT2D eigenvalue weighted by atomic mass is 15.1. The summed E-state index contributed by atoms with van der Waals surface area (Å²) in [5.74, 6) is 0. The predicted molar refractivity (Wildman–Crippen MR) is 202 cm³/mol. The van der Waals surface area contributed by atoms with E-state index in [1.54, 1.807) is 0 Å². The number of nitrogens with zero attached hydrogens (tertiary/aromatic N) is 2. The number of allylic oxidation sites excluding steroid dienone is 3. The normalized spacial score (nSPS) is 11.4. The van der Waals surface area contributed by atoms with Crippen molar-refractivity contribution < 1.29 is 0 Å². The zero-order valence-electron chi connectivity index (χ0n) is 27.1. The predicted octanol–water partition coefficient (Wildman–Crippen LogP) is 12.3. The first kappa shape index (κ1) is 32.1. The molecule has 5 aromatic carbocycles. The van der Waals surface area contributed by atoms with Crippen LogP contribution >= 0.6 is 0 Å². The lowest BCUT2D eigenvalue weighted by atomic mass is 10.0. The van der Waals surface area contributed by atoms with Crippen LogP contribution in [0, 0.1) is 0 Å². The molecular formula is C44H44N2. The van der Waals surface area contributed by atoms with Gasteiger partial charge in [-0.3, -0.25) is 0 Å². The Morgan fingerprint density at radius 1 is 0.587 bits per heavy atom. The minimum atomic E-state index is 0.830. The van der Waals surface area contributed by atoms with Gasteiger partial charge >= 0.3 is 0 Å². The van der Waals surface area contributed by atoms with Gasteiger partial charge in [-0.05, 0) is 89.7 Å². The van der Waals surface area contributed by atoms with Crippen molar-refractivity contribution in [1.29, 1.82) is 0 Å². The van der Waals surface area contributed by atoms with Crippen LogP contribution in [0.2, 0.25) is 0 Å². The van der Waals surface area contributed by atoms with Gasteiger partial charge in [0, 0.05) is 35.8 Å². The Morgan fingerprint density at radius 2 is 1.07 bits per heavy atom. The molecule has 2 nitrogen and oxygen atoms in total. The summed E-state index contributed by atoms with van der Waals surface area (Å²) in [6.45, 7) is 10.4. The fourth-order valence-corrected chi connectivity index (χ4v) is 5.43. The summed E-state index contributed by atoms with van der Waals surface area (Å²) >= 11 is 0. The quantitative estimate of drug-likeness (QED) is 0.0924. The number of anilines is 4. The van der Waals surface area contributed by atoms with Crippen molar-refractivity contribution in [1.82, 2.24) is 0 Å². The van der Waals surface area contributed by atoms with Gasteiger partial charge in [-0.15, -0.1) is 0 Å². The van der Waals surface area contributed by atoms with E-state index >= 15 is 0 Å². The van der Waals surface area contributed by atoms with Crippen molar-refractivity contribution in [3.8, 4) is 11.1 Å². The van der Waals surface area contributed by atoms with Crippen LogP contribution in [0.4, 0.5) is 22.7 Å². The standard InChI is InChI=1S/C44H44N2/c1-4-6-10-15-36(3)35-45(34-7-5-2)41-30-24-38(25-31-41)21-20-37-22-26-39(27-23-37)40-28-32-44(33-29-40)46(42-16-11-8-12-17-42)43-18-13-9-14-19-43/h4,6,8-33H,3,5,7,34-35H2,1-2H3. The van der Waals surface area contributed by atoms with Crippen LogP contribution < -0.4 is 9.80 Å². The first-order valence-electron chi connectivity index (χ1n) is 16.3. The van der Waals surface area contributed by atoms with E-state index in [1.807, 2.05) is 19.1 Å². The second-order valence-electron chi connectivity index (χ2n) is 11.4. The molecule has 0 spiro atoms. The van der Waals surface area contributed by atoms with Crippen molar-refractivity contribution in [3.63, 3.8) is 0 Å². The monoisotopic (exact) mass is 600 g/mol. The van der Waals surface area contributed by atoms with Crippen molar-refractivity contribution in [2.75, 3.05) is 22.9 Å². The molecule has 0 N–H and O–H groups in total. The molecule has 0 aliphatic rings. The lowest BCUT2D eigenvalue weighted by molar-refractivity contribution is 0.741. The summed E-state index contributed by atoms with van der Waals surface area (Å²) in [6.07, 6.45) is 14.9. The third-order valence-electron chi connectivity index (χ3n) is 7.94. The van der Waals surface area contributed by atoms with Crippen molar-refractivity contribution in [2.45, 2.75) is 26.7 Å². The number of hydrogen-bond acceptors (Lipinski definition) is 2. The Kier molecular flexibility index (Phi) is 11.6. The number of hydrogen-bond donors (Lipinski definition) is 0. The van der Waals surface area contributed by atoms with Crippen molar-refractivity contribution in [2.24, 2.45) is 0 Å². The minimum absolute atomic E-state index is 0.830. The van der Waals surface area contributed by atoms with E-state index in [2.05, 4.69) is 181 Å². The third kappa shape index (κ3) is 8.86. The summed E-state index contributed by atoms with van der Waals surface area (Å²) in [7, 11) is 0. The molecule has 0 fully saturated rings. The number of rotatable bonds is 14. The van der Waals surface area contributed by atoms with Crippen LogP contribution in [-0.2, 0) is 0 Å². The molecule has 0 unspecified atom stereocenters. The number of para-hydroxylation sites is 2. The molecule has 0 saturated heterocycles. The number of unbranched alkanes of at least 4 members (excludes halogenated alkanes) is 1. The summed E-state index contributed by atoms with van der Waals surface area (Å²) in [6, 6.07) is 47.5. The molecule has 0 aliphatic heterocycles. The van der Waals surface area contributed by atoms with Crippen molar-refractivity contribution >= 4 is 34.9 Å². The van der Waals surface area contributed by atoms with E-state index in [-0.39, 0.29) is 0 Å². The van der Waals surface area contributed by atoms with E-state index < -0.39 is 0 Å². The zero-order valence-corrected chi connectivity index (χ0v) is 27.1. The molecule has 0 heterocycles. The third-order valence-corrected chi connectivity index (χ3v) is 7.94. The maximum atomic E-state index is 4.26. The first-order valence-corrected chi connectivity index (χ1v) is 16.3. The molecule has 46 heavy (non-hydrogen) atoms. The maximum absolute atomic E-state index is 4.26. The van der Waals surface area contributed by atoms with Crippen LogP contribution in [0.5, 0.6) is 0 Å². The van der Waals surface area contributed by atoms with Gasteiger partial charge < -0.3 is 9.80 Å². The summed E-state index contributed by atoms with van der Waals surface area (Å²) in [5.41, 5.74) is 10.5. The van der Waals surface area contributed by atoms with E-state index in [0.717, 1.165) is 42.1 Å². The average Bonchev–Trinajstić information content (AvgIpc) is 3.11. The van der Waals surface area contributed by atoms with Gasteiger partial charge in [0.2, 0.25) is 0 Å². The molecule has 0 amide bonds. The van der Waals surface area contributed by atoms with Crippen LogP contribution in [-0.4, -0.2) is 13.1 Å². The fourth-order valence-electron chi connectivity index (χ4n) is 5.43. The molecule has 0 atom stereocenters. The largest absolute Gasteiger partial charge is 0.367 e. The van der Waals surface area contributed by atoms with Crippen LogP contribution in [0.1, 0.15) is 37.8 Å². The molecule has 0 aromatic heterocycles. The van der Waals surface area contributed by atoms with Gasteiger partial charge in [-0.2, -0.15) is 0 Å². The molecule has 0 aliphatic carbocycles. The first-order chi connectivity index (χ1) is 22.6. The van der Waals surface area contributed by atoms with E-state index in [9.17, 15) is 0 Å². The Labute approximate surface area is 276 Å². The zero-order chi connectivity index (χ0) is 32.0. The Bertz CT molecular complexity index is 1690. The lowest BCUT2D eigenvalue weighted by Crippen LogP contribution is -2.26. The Balaban J connectivity index is 1.25. The Hall–Kier alpha value is -5.34. The van der Waals surface area contributed by atoms with Gasteiger partial charge in [-0.1, -0.05) is 141 Å². The summed E-state index contributed by atoms with van der Waals surface area (Å²) < 4.78 is 0. The average molecular weight is 601 g/mol. The second-order valence-corrected chi connectivity index (χ2v) is 11.4. The summed E-state index contributed by atoms with van der Waals surface area (Å²) in [4.78, 5) is 4.71. The van der Waals surface area contributed by atoms with Gasteiger partial charge in [0.25, 0.3) is 0 Å². The van der Waals surface area contributed by atoms with Crippen LogP contribution in [0.3, 0.4) is 0 Å². The molecule has 5 aromatic rings. The van der Waals surface area contributed by atoms with Crippen LogP contribution in [0.25, 0.3) is 23.3 Å². The molecular weight excluding hydrogens is 556 g/mol. The van der Waals surface area contributed by atoms with E-state index in [1.165, 1.54) is 34.4 Å². The maximum Gasteiger partial charge on any atom is 0.0462 e. The van der Waals surface area contributed by atoms with E-state index in [0.29, 0.717) is 0 Å². The topological polar surface area (TPSA) is 6.48 Å². The Morgan fingerprint density at radius 3 is 1.59 bits per heavy atom. The molecule has 0 saturated carbocycles. The lowest BCUT2D eigenvalue weighted by Gasteiger charge is -2.25. The highest BCUT2D eigenvalue weighted by molar-refractivity contribution is 5.78. The summed E-state index contributed by atoms with van der Waals surface area (Å²) in [5, 5.41) is 0. The SMILES string of the molecule is C=C(C=CC=CC)CN(CCCC)c1ccc(C=Cc2ccc(-c3ccc(N(c4ccccc4)c4ccccc4)cc3)cc2)cc1. The van der Waals surface area contributed by atoms with E-state index in [4.69, 9.17) is 0 Å². The van der Waals surface area contributed by atoms with Gasteiger partial charge in [0.15, 0.2) is 0 Å². The molecule has 2 heteroatoms. The molecule has 0 radical (unpaired) electrons. The molecule has 5 rings (SSSR count). The number of benzene rings is 5. The minimum Gasteiger partial charge on any atom is -0.367 e. The van der Waals surface area contributed by atoms with Gasteiger partial charge in [0.05, 0.1) is 0 Å². The van der Waals surface area contributed by atoms with Gasteiger partial charge in [-0.25, -0.2) is 0 Å². The van der Waals surface area contributed by atoms with Crippen LogP contribution in [0.15, 0.2) is 170 Å². The van der Waals surface area contributed by atoms with Crippen molar-refractivity contribution in [3.05, 3.63) is 181 Å². The smallest absolute Gasteiger partial charge is 0.0462 e. The molecule has 0 bridgehead atoms. The fraction of sp³-hybridized carbons (Fsp3) is 0.136. The van der Waals surface area contributed by atoms with Gasteiger partial charge in [0.1, 0.15) is 0 Å².